The number of benzene rings is 1. The van der Waals surface area contributed by atoms with Gasteiger partial charge in [0.2, 0.25) is 0 Å². The summed E-state index contributed by atoms with van der Waals surface area (Å²) in [5, 5.41) is 14.1. The van der Waals surface area contributed by atoms with Crippen LogP contribution in [0, 0.1) is 0 Å². The molecule has 1 amide bonds. The number of anilines is 2. The van der Waals surface area contributed by atoms with E-state index in [9.17, 15) is 4.79 Å². The minimum atomic E-state index is -0.270. The van der Waals surface area contributed by atoms with Gasteiger partial charge in [-0.3, -0.25) is 4.79 Å². The Bertz CT molecular complexity index is 729. The van der Waals surface area contributed by atoms with Crippen molar-refractivity contribution in [1.29, 1.82) is 0 Å². The van der Waals surface area contributed by atoms with Crippen molar-refractivity contribution in [2.24, 2.45) is 0 Å². The van der Waals surface area contributed by atoms with E-state index in [1.807, 2.05) is 24.3 Å². The summed E-state index contributed by atoms with van der Waals surface area (Å²) in [6.07, 6.45) is 8.42. The van der Waals surface area contributed by atoms with Crippen molar-refractivity contribution in [3.63, 3.8) is 0 Å². The summed E-state index contributed by atoms with van der Waals surface area (Å²) in [6.45, 7) is 0.776. The van der Waals surface area contributed by atoms with Gasteiger partial charge in [0.05, 0.1) is 0 Å². The van der Waals surface area contributed by atoms with E-state index in [1.54, 1.807) is 18.2 Å². The lowest BCUT2D eigenvalue weighted by molar-refractivity contribution is -0.118. The lowest BCUT2D eigenvalue weighted by atomic mass is 9.97. The Morgan fingerprint density at radius 1 is 1.04 bits per heavy atom. The zero-order chi connectivity index (χ0) is 18.0. The van der Waals surface area contributed by atoms with Crippen LogP contribution in [0.5, 0.6) is 5.75 Å². The van der Waals surface area contributed by atoms with Crippen LogP contribution in [0.15, 0.2) is 54.1 Å². The second-order valence-electron chi connectivity index (χ2n) is 6.24. The van der Waals surface area contributed by atoms with Crippen LogP contribution >= 0.6 is 0 Å². The molecular weight excluding hydrogens is 328 g/mol. The smallest absolute Gasteiger partial charge is 0.263 e. The van der Waals surface area contributed by atoms with Crippen LogP contribution in [-0.4, -0.2) is 29.3 Å². The van der Waals surface area contributed by atoms with Gasteiger partial charge < -0.3 is 15.4 Å². The molecule has 2 aromatic rings. The molecule has 0 spiro atoms. The Morgan fingerprint density at radius 2 is 1.85 bits per heavy atom. The van der Waals surface area contributed by atoms with Crippen molar-refractivity contribution in [1.82, 2.24) is 10.2 Å². The highest BCUT2D eigenvalue weighted by molar-refractivity contribution is 5.90. The van der Waals surface area contributed by atoms with Gasteiger partial charge in [0.1, 0.15) is 11.6 Å². The number of carbonyl (C=O) groups is 1. The Hall–Kier alpha value is -2.89. The summed E-state index contributed by atoms with van der Waals surface area (Å²) >= 11 is 0. The second-order valence-corrected chi connectivity index (χ2v) is 6.24. The molecule has 0 saturated heterocycles. The molecule has 1 aliphatic carbocycles. The van der Waals surface area contributed by atoms with E-state index >= 15 is 0 Å². The number of allylic oxidation sites excluding steroid dienone is 1. The fourth-order valence-corrected chi connectivity index (χ4v) is 2.82. The number of ether oxygens (including phenoxy) is 1. The zero-order valence-corrected chi connectivity index (χ0v) is 14.8. The highest BCUT2D eigenvalue weighted by Crippen LogP contribution is 2.20. The number of nitrogens with one attached hydrogen (secondary N) is 2. The fourth-order valence-electron chi connectivity index (χ4n) is 2.82. The third-order valence-corrected chi connectivity index (χ3v) is 4.18. The summed E-state index contributed by atoms with van der Waals surface area (Å²) in [5.41, 5.74) is 1.53. The van der Waals surface area contributed by atoms with Crippen LogP contribution in [0.4, 0.5) is 11.6 Å². The van der Waals surface area contributed by atoms with Gasteiger partial charge in [-0.25, -0.2) is 0 Å². The zero-order valence-electron chi connectivity index (χ0n) is 14.8. The van der Waals surface area contributed by atoms with Crippen molar-refractivity contribution in [2.75, 3.05) is 23.8 Å². The molecule has 1 aliphatic rings. The number of amides is 1. The number of rotatable bonds is 8. The number of carbonyl (C=O) groups excluding carboxylic acids is 1. The molecule has 1 heterocycles. The molecule has 2 N–H and O–H groups in total. The average molecular weight is 352 g/mol. The molecule has 1 aromatic heterocycles. The van der Waals surface area contributed by atoms with E-state index < -0.39 is 0 Å². The molecule has 1 aromatic carbocycles. The average Bonchev–Trinajstić information content (AvgIpc) is 2.69. The number of para-hydroxylation sites is 1. The molecule has 136 valence electrons. The summed E-state index contributed by atoms with van der Waals surface area (Å²) in [5.74, 6) is 1.50. The number of aromatic nitrogens is 2. The van der Waals surface area contributed by atoms with Crippen molar-refractivity contribution in [2.45, 2.75) is 32.1 Å². The van der Waals surface area contributed by atoms with E-state index in [1.165, 1.54) is 31.3 Å². The van der Waals surface area contributed by atoms with Gasteiger partial charge in [0.25, 0.3) is 5.91 Å². The van der Waals surface area contributed by atoms with Crippen LogP contribution in [0.2, 0.25) is 0 Å². The first-order valence-electron chi connectivity index (χ1n) is 9.03. The molecule has 26 heavy (non-hydrogen) atoms. The summed E-state index contributed by atoms with van der Waals surface area (Å²) in [7, 11) is 0. The Labute approximate surface area is 153 Å². The molecule has 0 fully saturated rings. The lowest BCUT2D eigenvalue weighted by Crippen LogP contribution is -2.21. The predicted molar refractivity (Wildman–Crippen MR) is 102 cm³/mol. The van der Waals surface area contributed by atoms with Crippen molar-refractivity contribution in [3.8, 4) is 5.75 Å². The van der Waals surface area contributed by atoms with Gasteiger partial charge in [0, 0.05) is 6.54 Å². The summed E-state index contributed by atoms with van der Waals surface area (Å²) < 4.78 is 5.40. The maximum Gasteiger partial charge on any atom is 0.263 e. The second kappa shape index (κ2) is 9.56. The number of hydrogen-bond donors (Lipinski definition) is 2. The molecule has 0 unspecified atom stereocenters. The minimum Gasteiger partial charge on any atom is -0.484 e. The largest absolute Gasteiger partial charge is 0.484 e. The van der Waals surface area contributed by atoms with Gasteiger partial charge in [-0.2, -0.15) is 0 Å². The Morgan fingerprint density at radius 3 is 2.58 bits per heavy atom. The van der Waals surface area contributed by atoms with Crippen LogP contribution in [-0.2, 0) is 4.79 Å². The molecule has 6 heteroatoms. The van der Waals surface area contributed by atoms with Crippen molar-refractivity contribution >= 4 is 17.5 Å². The standard InChI is InChI=1S/C20H24N4O2/c25-20(15-26-17-9-5-2-6-10-17)22-19-12-11-18(23-24-19)21-14-13-16-7-3-1-4-8-16/h2,5-7,9-12H,1,3-4,8,13-15H2,(H,21,23)(H,22,24,25). The molecule has 0 atom stereocenters. The molecule has 0 bridgehead atoms. The Kier molecular flexibility index (Phi) is 6.59. The first kappa shape index (κ1) is 17.9. The summed E-state index contributed by atoms with van der Waals surface area (Å²) in [6, 6.07) is 12.8. The van der Waals surface area contributed by atoms with E-state index in [0.717, 1.165) is 13.0 Å². The Balaban J connectivity index is 1.39. The third-order valence-electron chi connectivity index (χ3n) is 4.18. The van der Waals surface area contributed by atoms with E-state index in [0.29, 0.717) is 17.4 Å². The monoisotopic (exact) mass is 352 g/mol. The lowest BCUT2D eigenvalue weighted by Gasteiger charge is -2.13. The predicted octanol–water partition coefficient (Wildman–Crippen LogP) is 3.80. The first-order valence-corrected chi connectivity index (χ1v) is 9.03. The van der Waals surface area contributed by atoms with Gasteiger partial charge in [-0.15, -0.1) is 10.2 Å². The minimum absolute atomic E-state index is 0.0686. The first-order chi connectivity index (χ1) is 12.8. The molecular formula is C20H24N4O2. The fraction of sp³-hybridized carbons (Fsp3) is 0.350. The van der Waals surface area contributed by atoms with E-state index in [2.05, 4.69) is 26.9 Å². The maximum atomic E-state index is 11.9. The van der Waals surface area contributed by atoms with Crippen LogP contribution in [0.25, 0.3) is 0 Å². The quantitative estimate of drug-likeness (QED) is 0.707. The number of nitrogens with zero attached hydrogens (tertiary/aromatic N) is 2. The van der Waals surface area contributed by atoms with E-state index in [-0.39, 0.29) is 12.5 Å². The maximum absolute atomic E-state index is 11.9. The van der Waals surface area contributed by atoms with Gasteiger partial charge in [0.15, 0.2) is 12.4 Å². The highest BCUT2D eigenvalue weighted by Gasteiger charge is 2.06. The van der Waals surface area contributed by atoms with Gasteiger partial charge >= 0.3 is 0 Å². The SMILES string of the molecule is O=C(COc1ccccc1)Nc1ccc(NCCC2=CCCCC2)nn1. The third kappa shape index (κ3) is 5.88. The van der Waals surface area contributed by atoms with Crippen molar-refractivity contribution in [3.05, 3.63) is 54.1 Å². The number of hydrogen-bond acceptors (Lipinski definition) is 5. The topological polar surface area (TPSA) is 76.1 Å². The molecule has 0 aliphatic heterocycles. The summed E-state index contributed by atoms with van der Waals surface area (Å²) in [4.78, 5) is 11.9. The normalized spacial score (nSPS) is 13.6. The molecule has 0 saturated carbocycles. The van der Waals surface area contributed by atoms with E-state index in [4.69, 9.17) is 4.74 Å². The van der Waals surface area contributed by atoms with Crippen molar-refractivity contribution < 1.29 is 9.53 Å². The van der Waals surface area contributed by atoms with Crippen LogP contribution in [0.1, 0.15) is 32.1 Å². The molecule has 6 nitrogen and oxygen atoms in total. The van der Waals surface area contributed by atoms with Crippen LogP contribution < -0.4 is 15.4 Å². The molecule has 3 rings (SSSR count). The van der Waals surface area contributed by atoms with Gasteiger partial charge in [-0.05, 0) is 56.4 Å². The van der Waals surface area contributed by atoms with Crippen LogP contribution in [0.3, 0.4) is 0 Å². The highest BCUT2D eigenvalue weighted by atomic mass is 16.5. The van der Waals surface area contributed by atoms with Gasteiger partial charge in [-0.1, -0.05) is 29.8 Å². The molecule has 0 radical (unpaired) electrons.